The van der Waals surface area contributed by atoms with E-state index in [2.05, 4.69) is 0 Å². The third kappa shape index (κ3) is 3.29. The summed E-state index contributed by atoms with van der Waals surface area (Å²) in [6.45, 7) is 0. The fourth-order valence-electron chi connectivity index (χ4n) is 1.65. The van der Waals surface area contributed by atoms with Gasteiger partial charge in [-0.15, -0.1) is 0 Å². The number of carbonyl (C=O) groups is 1. The Balaban J connectivity index is 2.37. The highest BCUT2D eigenvalue weighted by Gasteiger charge is 2.13. The van der Waals surface area contributed by atoms with Gasteiger partial charge in [-0.05, 0) is 18.2 Å². The van der Waals surface area contributed by atoms with E-state index in [0.29, 0.717) is 23.3 Å². The van der Waals surface area contributed by atoms with Crippen molar-refractivity contribution >= 4 is 23.6 Å². The summed E-state index contributed by atoms with van der Waals surface area (Å²) in [5.74, 6) is 0.863. The molecule has 0 radical (unpaired) electrons. The molecule has 108 valence electrons. The third-order valence-electron chi connectivity index (χ3n) is 2.68. The second-order valence-electron chi connectivity index (χ2n) is 4.00. The maximum Gasteiger partial charge on any atom is 0.273 e. The van der Waals surface area contributed by atoms with E-state index in [1.54, 1.807) is 0 Å². The largest absolute Gasteiger partial charge is 0.493 e. The quantitative estimate of drug-likeness (QED) is 0.476. The van der Waals surface area contributed by atoms with Gasteiger partial charge in [0, 0.05) is 17.7 Å². The Morgan fingerprint density at radius 3 is 2.52 bits per heavy atom. The van der Waals surface area contributed by atoms with Gasteiger partial charge in [0.05, 0.1) is 23.1 Å². The average molecular weight is 308 g/mol. The number of hydrogen-bond acceptors (Lipinski definition) is 5. The number of rotatable bonds is 5. The number of hydrogen-bond donors (Lipinski definition) is 0. The fourth-order valence-corrected chi connectivity index (χ4v) is 1.87. The van der Waals surface area contributed by atoms with Crippen molar-refractivity contribution in [1.29, 1.82) is 0 Å². The topological polar surface area (TPSA) is 78.7 Å². The first kappa shape index (κ1) is 14.8. The van der Waals surface area contributed by atoms with Crippen LogP contribution in [0.5, 0.6) is 17.2 Å². The normalized spacial score (nSPS) is 10.0. The molecule has 0 aliphatic rings. The number of nitrogens with zero attached hydrogens (tertiary/aromatic N) is 1. The smallest absolute Gasteiger partial charge is 0.273 e. The molecule has 0 fully saturated rings. The van der Waals surface area contributed by atoms with E-state index in [9.17, 15) is 14.9 Å². The van der Waals surface area contributed by atoms with Gasteiger partial charge in [0.15, 0.2) is 17.8 Å². The second-order valence-corrected chi connectivity index (χ2v) is 4.40. The van der Waals surface area contributed by atoms with Crippen LogP contribution < -0.4 is 9.47 Å². The summed E-state index contributed by atoms with van der Waals surface area (Å²) in [6, 6.07) is 8.48. The number of non-ortho nitro benzene ring substituents is 1. The molecule has 2 rings (SSSR count). The summed E-state index contributed by atoms with van der Waals surface area (Å²) >= 11 is 5.90. The van der Waals surface area contributed by atoms with E-state index in [1.165, 1.54) is 43.5 Å². The van der Waals surface area contributed by atoms with Crippen LogP contribution in [-0.2, 0) is 0 Å². The van der Waals surface area contributed by atoms with Gasteiger partial charge in [-0.1, -0.05) is 11.6 Å². The van der Waals surface area contributed by atoms with Crippen LogP contribution in [0.15, 0.2) is 36.4 Å². The first-order chi connectivity index (χ1) is 10.0. The van der Waals surface area contributed by atoms with Crippen LogP contribution >= 0.6 is 11.6 Å². The molecule has 0 atom stereocenters. The molecule has 0 saturated heterocycles. The molecular formula is C14H10ClNO5. The number of halogens is 1. The highest BCUT2D eigenvalue weighted by molar-refractivity contribution is 6.33. The molecule has 0 saturated carbocycles. The van der Waals surface area contributed by atoms with Crippen molar-refractivity contribution in [3.05, 3.63) is 57.1 Å². The van der Waals surface area contributed by atoms with Gasteiger partial charge in [0.25, 0.3) is 5.69 Å². The molecule has 7 heteroatoms. The van der Waals surface area contributed by atoms with E-state index >= 15 is 0 Å². The molecule has 0 unspecified atom stereocenters. The lowest BCUT2D eigenvalue weighted by Crippen LogP contribution is -1.94. The number of ether oxygens (including phenoxy) is 2. The van der Waals surface area contributed by atoms with Gasteiger partial charge in [-0.3, -0.25) is 14.9 Å². The number of methoxy groups -OCH3 is 1. The van der Waals surface area contributed by atoms with Crippen molar-refractivity contribution in [1.82, 2.24) is 0 Å². The number of nitro groups is 1. The second kappa shape index (κ2) is 6.23. The lowest BCUT2D eigenvalue weighted by molar-refractivity contribution is -0.384. The van der Waals surface area contributed by atoms with Crippen LogP contribution in [0.3, 0.4) is 0 Å². The van der Waals surface area contributed by atoms with Crippen molar-refractivity contribution in [2.75, 3.05) is 7.11 Å². The van der Waals surface area contributed by atoms with Crippen molar-refractivity contribution < 1.29 is 19.2 Å². The number of benzene rings is 2. The molecule has 2 aromatic rings. The highest BCUT2D eigenvalue weighted by Crippen LogP contribution is 2.35. The Labute approximate surface area is 125 Å². The molecule has 0 aliphatic heterocycles. The zero-order valence-corrected chi connectivity index (χ0v) is 11.7. The van der Waals surface area contributed by atoms with Crippen LogP contribution in [0, 0.1) is 10.1 Å². The Kier molecular flexibility index (Phi) is 4.39. The van der Waals surface area contributed by atoms with Crippen molar-refractivity contribution in [3.63, 3.8) is 0 Å². The first-order valence-corrected chi connectivity index (χ1v) is 6.18. The minimum absolute atomic E-state index is 0.124. The maximum atomic E-state index is 10.8. The first-order valence-electron chi connectivity index (χ1n) is 5.80. The van der Waals surface area contributed by atoms with Crippen LogP contribution in [0.2, 0.25) is 5.02 Å². The zero-order valence-electron chi connectivity index (χ0n) is 10.9. The lowest BCUT2D eigenvalue weighted by atomic mass is 10.2. The Morgan fingerprint density at radius 1 is 1.19 bits per heavy atom. The van der Waals surface area contributed by atoms with Gasteiger partial charge in [0.2, 0.25) is 0 Å². The lowest BCUT2D eigenvalue weighted by Gasteiger charge is -2.10. The molecule has 0 N–H and O–H groups in total. The molecular weight excluding hydrogens is 298 g/mol. The van der Waals surface area contributed by atoms with Crippen LogP contribution in [0.4, 0.5) is 5.69 Å². The molecule has 21 heavy (non-hydrogen) atoms. The molecule has 0 amide bonds. The molecule has 2 aromatic carbocycles. The summed E-state index contributed by atoms with van der Waals surface area (Å²) in [4.78, 5) is 21.0. The predicted octanol–water partition coefficient (Wildman–Crippen LogP) is 3.86. The van der Waals surface area contributed by atoms with E-state index in [0.717, 1.165) is 0 Å². The molecule has 6 nitrogen and oxygen atoms in total. The van der Waals surface area contributed by atoms with E-state index in [1.807, 2.05) is 0 Å². The molecule has 0 bridgehead atoms. The summed E-state index contributed by atoms with van der Waals surface area (Å²) in [5, 5.41) is 11.0. The zero-order chi connectivity index (χ0) is 15.4. The monoisotopic (exact) mass is 307 g/mol. The van der Waals surface area contributed by atoms with Crippen LogP contribution in [0.1, 0.15) is 10.4 Å². The minimum atomic E-state index is -0.533. The fraction of sp³-hybridized carbons (Fsp3) is 0.0714. The van der Waals surface area contributed by atoms with Crippen molar-refractivity contribution in [2.24, 2.45) is 0 Å². The SMILES string of the molecule is COc1ccc([N+](=O)[O-])cc1Oc1ccc(C=O)c(Cl)c1. The summed E-state index contributed by atoms with van der Waals surface area (Å²) in [6.07, 6.45) is 0.625. The van der Waals surface area contributed by atoms with Crippen molar-refractivity contribution in [2.45, 2.75) is 0 Å². The molecule has 0 spiro atoms. The van der Waals surface area contributed by atoms with Gasteiger partial charge in [-0.25, -0.2) is 0 Å². The summed E-state index contributed by atoms with van der Waals surface area (Å²) in [5.41, 5.74) is 0.205. The van der Waals surface area contributed by atoms with Gasteiger partial charge in [0.1, 0.15) is 5.75 Å². The van der Waals surface area contributed by atoms with Crippen molar-refractivity contribution in [3.8, 4) is 17.2 Å². The van der Waals surface area contributed by atoms with Crippen LogP contribution in [-0.4, -0.2) is 18.3 Å². The van der Waals surface area contributed by atoms with E-state index in [4.69, 9.17) is 21.1 Å². The Bertz CT molecular complexity index is 702. The highest BCUT2D eigenvalue weighted by atomic mass is 35.5. The molecule has 0 aliphatic carbocycles. The standard InChI is InChI=1S/C14H10ClNO5/c1-20-13-5-3-10(16(18)19)6-14(13)21-11-4-2-9(8-17)12(15)7-11/h2-8H,1H3. The summed E-state index contributed by atoms with van der Waals surface area (Å²) < 4.78 is 10.6. The Hall–Kier alpha value is -2.60. The number of aldehydes is 1. The minimum Gasteiger partial charge on any atom is -0.493 e. The van der Waals surface area contributed by atoms with Crippen LogP contribution in [0.25, 0.3) is 0 Å². The summed E-state index contributed by atoms with van der Waals surface area (Å²) in [7, 11) is 1.43. The average Bonchev–Trinajstić information content (AvgIpc) is 2.47. The maximum absolute atomic E-state index is 10.8. The van der Waals surface area contributed by atoms with Gasteiger partial charge >= 0.3 is 0 Å². The predicted molar refractivity (Wildman–Crippen MR) is 76.6 cm³/mol. The van der Waals surface area contributed by atoms with E-state index in [-0.39, 0.29) is 16.5 Å². The molecule has 0 aromatic heterocycles. The number of nitro benzene ring substituents is 1. The van der Waals surface area contributed by atoms with Gasteiger partial charge in [-0.2, -0.15) is 0 Å². The van der Waals surface area contributed by atoms with E-state index < -0.39 is 4.92 Å². The number of carbonyl (C=O) groups excluding carboxylic acids is 1. The van der Waals surface area contributed by atoms with Gasteiger partial charge < -0.3 is 9.47 Å². The molecule has 0 heterocycles. The Morgan fingerprint density at radius 2 is 1.95 bits per heavy atom. The third-order valence-corrected chi connectivity index (χ3v) is 3.01.